The second kappa shape index (κ2) is 11.0. The van der Waals surface area contributed by atoms with Crippen molar-refractivity contribution < 1.29 is 23.8 Å². The zero-order chi connectivity index (χ0) is 20.4. The summed E-state index contributed by atoms with van der Waals surface area (Å²) in [5, 5.41) is 2.70. The molecule has 0 aromatic heterocycles. The van der Waals surface area contributed by atoms with E-state index in [0.29, 0.717) is 30.4 Å². The van der Waals surface area contributed by atoms with E-state index in [-0.39, 0.29) is 18.9 Å². The van der Waals surface area contributed by atoms with Gasteiger partial charge >= 0.3 is 5.97 Å². The molecule has 1 amide bonds. The van der Waals surface area contributed by atoms with Crippen molar-refractivity contribution in [2.45, 2.75) is 33.1 Å². The van der Waals surface area contributed by atoms with Gasteiger partial charge in [0.15, 0.2) is 18.1 Å². The molecule has 28 heavy (non-hydrogen) atoms. The number of hydrogen-bond donors (Lipinski definition) is 1. The van der Waals surface area contributed by atoms with E-state index in [0.717, 1.165) is 5.56 Å². The molecule has 2 aromatic rings. The van der Waals surface area contributed by atoms with Crippen LogP contribution in [0.1, 0.15) is 38.7 Å². The number of nitrogens with one attached hydrogen (secondary N) is 1. The molecule has 0 unspecified atom stereocenters. The molecule has 0 saturated heterocycles. The summed E-state index contributed by atoms with van der Waals surface area (Å²) in [5.74, 6) is 0.372. The molecule has 1 N–H and O–H groups in total. The van der Waals surface area contributed by atoms with Crippen LogP contribution in [0.3, 0.4) is 0 Å². The quantitative estimate of drug-likeness (QED) is 0.622. The number of ether oxygens (including phenoxy) is 3. The van der Waals surface area contributed by atoms with Crippen molar-refractivity contribution >= 4 is 17.6 Å². The van der Waals surface area contributed by atoms with Crippen LogP contribution < -0.4 is 14.8 Å². The van der Waals surface area contributed by atoms with E-state index in [2.05, 4.69) is 5.32 Å². The van der Waals surface area contributed by atoms with Crippen molar-refractivity contribution in [3.8, 4) is 11.5 Å². The van der Waals surface area contributed by atoms with Crippen molar-refractivity contribution in [1.82, 2.24) is 0 Å². The molecule has 6 nitrogen and oxygen atoms in total. The summed E-state index contributed by atoms with van der Waals surface area (Å²) < 4.78 is 16.1. The molecule has 2 rings (SSSR count). The van der Waals surface area contributed by atoms with Crippen molar-refractivity contribution in [3.63, 3.8) is 0 Å². The average Bonchev–Trinajstić information content (AvgIpc) is 2.69. The van der Waals surface area contributed by atoms with Crippen LogP contribution in [0.2, 0.25) is 0 Å². The lowest BCUT2D eigenvalue weighted by Crippen LogP contribution is -2.21. The van der Waals surface area contributed by atoms with Crippen molar-refractivity contribution in [1.29, 1.82) is 0 Å². The number of anilines is 1. The maximum atomic E-state index is 12.1. The Labute approximate surface area is 165 Å². The van der Waals surface area contributed by atoms with Gasteiger partial charge in [0.2, 0.25) is 0 Å². The van der Waals surface area contributed by atoms with Gasteiger partial charge in [-0.25, -0.2) is 0 Å². The first kappa shape index (κ1) is 21.3. The van der Waals surface area contributed by atoms with Gasteiger partial charge in [0, 0.05) is 11.8 Å². The lowest BCUT2D eigenvalue weighted by molar-refractivity contribution is -0.147. The van der Waals surface area contributed by atoms with Gasteiger partial charge < -0.3 is 19.5 Å². The highest BCUT2D eigenvalue weighted by atomic mass is 16.5. The van der Waals surface area contributed by atoms with Crippen LogP contribution in [-0.2, 0) is 14.3 Å². The minimum atomic E-state index is -0.410. The maximum absolute atomic E-state index is 12.1. The predicted octanol–water partition coefficient (Wildman–Crippen LogP) is 4.16. The van der Waals surface area contributed by atoms with Crippen LogP contribution in [0, 0.1) is 0 Å². The van der Waals surface area contributed by atoms with Crippen LogP contribution in [0.5, 0.6) is 11.5 Å². The molecule has 0 radical (unpaired) electrons. The Bertz CT molecular complexity index is 776. The number of carbonyl (C=O) groups is 2. The number of carbonyl (C=O) groups excluding carboxylic acids is 2. The molecule has 150 valence electrons. The molecule has 0 bridgehead atoms. The van der Waals surface area contributed by atoms with E-state index in [4.69, 9.17) is 14.2 Å². The third kappa shape index (κ3) is 6.61. The number of benzene rings is 2. The molecular formula is C22H27NO5. The van der Waals surface area contributed by atoms with Crippen LogP contribution >= 0.6 is 0 Å². The number of rotatable bonds is 10. The molecule has 0 fully saturated rings. The first-order valence-corrected chi connectivity index (χ1v) is 9.43. The smallest absolute Gasteiger partial charge is 0.306 e. The van der Waals surface area contributed by atoms with E-state index >= 15 is 0 Å². The average molecular weight is 385 g/mol. The van der Waals surface area contributed by atoms with Crippen molar-refractivity contribution in [3.05, 3.63) is 54.1 Å². The lowest BCUT2D eigenvalue weighted by atomic mass is 9.98. The predicted molar refractivity (Wildman–Crippen MR) is 108 cm³/mol. The van der Waals surface area contributed by atoms with Crippen LogP contribution in [0.15, 0.2) is 48.5 Å². The Kier molecular flexibility index (Phi) is 8.34. The summed E-state index contributed by atoms with van der Waals surface area (Å²) in [6.45, 7) is 6.37. The van der Waals surface area contributed by atoms with E-state index < -0.39 is 11.9 Å². The minimum Gasteiger partial charge on any atom is -0.490 e. The number of hydrogen-bond acceptors (Lipinski definition) is 5. The zero-order valence-electron chi connectivity index (χ0n) is 16.6. The SMILES string of the molecule is CCOc1ccc(NC(=O)COC(=O)C[C@H](C)c2ccccc2)cc1OCC. The highest BCUT2D eigenvalue weighted by Crippen LogP contribution is 2.30. The molecule has 0 heterocycles. The van der Waals surface area contributed by atoms with Gasteiger partial charge in [-0.15, -0.1) is 0 Å². The fourth-order valence-corrected chi connectivity index (χ4v) is 2.68. The first-order chi connectivity index (χ1) is 13.5. The Morgan fingerprint density at radius 1 is 0.964 bits per heavy atom. The monoisotopic (exact) mass is 385 g/mol. The Morgan fingerprint density at radius 2 is 1.64 bits per heavy atom. The van der Waals surface area contributed by atoms with Gasteiger partial charge in [0.1, 0.15) is 0 Å². The molecule has 0 spiro atoms. The highest BCUT2D eigenvalue weighted by Gasteiger charge is 2.14. The first-order valence-electron chi connectivity index (χ1n) is 9.43. The highest BCUT2D eigenvalue weighted by molar-refractivity contribution is 5.93. The molecule has 6 heteroatoms. The summed E-state index contributed by atoms with van der Waals surface area (Å²) in [5.41, 5.74) is 1.60. The topological polar surface area (TPSA) is 73.9 Å². The summed E-state index contributed by atoms with van der Waals surface area (Å²) in [6.07, 6.45) is 0.217. The number of esters is 1. The van der Waals surface area contributed by atoms with Gasteiger partial charge in [-0.05, 0) is 37.5 Å². The summed E-state index contributed by atoms with van der Waals surface area (Å²) in [7, 11) is 0. The molecule has 2 aromatic carbocycles. The standard InChI is InChI=1S/C22H27NO5/c1-4-26-19-12-11-18(14-20(19)27-5-2)23-21(24)15-28-22(25)13-16(3)17-9-7-6-8-10-17/h6-12,14,16H,4-5,13,15H2,1-3H3,(H,23,24)/t16-/m0/s1. The summed E-state index contributed by atoms with van der Waals surface area (Å²) >= 11 is 0. The van der Waals surface area contributed by atoms with Crippen molar-refractivity contribution in [2.75, 3.05) is 25.1 Å². The van der Waals surface area contributed by atoms with Gasteiger partial charge in [-0.2, -0.15) is 0 Å². The fourth-order valence-electron chi connectivity index (χ4n) is 2.68. The second-order valence-electron chi connectivity index (χ2n) is 6.25. The third-order valence-corrected chi connectivity index (χ3v) is 4.03. The normalized spacial score (nSPS) is 11.4. The van der Waals surface area contributed by atoms with Gasteiger partial charge in [-0.3, -0.25) is 9.59 Å². The largest absolute Gasteiger partial charge is 0.490 e. The van der Waals surface area contributed by atoms with Crippen LogP contribution in [-0.4, -0.2) is 31.7 Å². The Hall–Kier alpha value is -3.02. The minimum absolute atomic E-state index is 0.0247. The third-order valence-electron chi connectivity index (χ3n) is 4.03. The molecule has 0 aliphatic rings. The Balaban J connectivity index is 1.84. The lowest BCUT2D eigenvalue weighted by Gasteiger charge is -2.13. The molecule has 0 aliphatic heterocycles. The van der Waals surface area contributed by atoms with E-state index in [1.54, 1.807) is 18.2 Å². The second-order valence-corrected chi connectivity index (χ2v) is 6.25. The zero-order valence-corrected chi connectivity index (χ0v) is 16.6. The van der Waals surface area contributed by atoms with Crippen LogP contribution in [0.25, 0.3) is 0 Å². The van der Waals surface area contributed by atoms with E-state index in [1.807, 2.05) is 51.1 Å². The van der Waals surface area contributed by atoms with Crippen molar-refractivity contribution in [2.24, 2.45) is 0 Å². The molecule has 1 atom stereocenters. The van der Waals surface area contributed by atoms with E-state index in [1.165, 1.54) is 0 Å². The van der Waals surface area contributed by atoms with Gasteiger partial charge in [0.05, 0.1) is 19.6 Å². The summed E-state index contributed by atoms with van der Waals surface area (Å²) in [4.78, 5) is 24.1. The fraction of sp³-hybridized carbons (Fsp3) is 0.364. The maximum Gasteiger partial charge on any atom is 0.306 e. The molecule has 0 saturated carbocycles. The van der Waals surface area contributed by atoms with Gasteiger partial charge in [0.25, 0.3) is 5.91 Å². The van der Waals surface area contributed by atoms with Crippen LogP contribution in [0.4, 0.5) is 5.69 Å². The summed E-state index contributed by atoms with van der Waals surface area (Å²) in [6, 6.07) is 14.8. The van der Waals surface area contributed by atoms with E-state index in [9.17, 15) is 9.59 Å². The van der Waals surface area contributed by atoms with Gasteiger partial charge in [-0.1, -0.05) is 37.3 Å². The Morgan fingerprint density at radius 3 is 2.32 bits per heavy atom. The molecular weight excluding hydrogens is 358 g/mol. The number of amides is 1. The molecule has 0 aliphatic carbocycles.